The van der Waals surface area contributed by atoms with Gasteiger partial charge < -0.3 is 0 Å². The first-order valence-electron chi connectivity index (χ1n) is 7.28. The molecule has 7 nitrogen and oxygen atoms in total. The largest absolute Gasteiger partial charge is 0.296 e. The highest BCUT2D eigenvalue weighted by atomic mass is 32.2. The third-order valence-electron chi connectivity index (χ3n) is 3.24. The van der Waals surface area contributed by atoms with Crippen LogP contribution in [0.25, 0.3) is 0 Å². The molecule has 0 unspecified atom stereocenters. The number of nitro benzene ring substituents is 1. The molecule has 0 radical (unpaired) electrons. The van der Waals surface area contributed by atoms with Crippen LogP contribution < -0.4 is 5.32 Å². The zero-order chi connectivity index (χ0) is 18.5. The van der Waals surface area contributed by atoms with Crippen LogP contribution >= 0.6 is 23.1 Å². The van der Waals surface area contributed by atoms with Crippen LogP contribution in [0.5, 0.6) is 0 Å². The van der Waals surface area contributed by atoms with Gasteiger partial charge in [0.15, 0.2) is 4.34 Å². The van der Waals surface area contributed by atoms with Crippen molar-refractivity contribution < 1.29 is 14.1 Å². The minimum Gasteiger partial charge on any atom is -0.296 e. The van der Waals surface area contributed by atoms with Gasteiger partial charge in [-0.25, -0.2) is 4.39 Å². The van der Waals surface area contributed by atoms with Gasteiger partial charge in [0.1, 0.15) is 5.82 Å². The molecule has 0 bridgehead atoms. The number of nitrogens with zero attached hydrogens (tertiary/aromatic N) is 3. The smallest absolute Gasteiger partial charge is 0.269 e. The molecule has 10 heteroatoms. The van der Waals surface area contributed by atoms with E-state index >= 15 is 0 Å². The van der Waals surface area contributed by atoms with E-state index in [1.807, 2.05) is 0 Å². The molecule has 0 saturated heterocycles. The van der Waals surface area contributed by atoms with Crippen LogP contribution in [0, 0.1) is 15.9 Å². The summed E-state index contributed by atoms with van der Waals surface area (Å²) in [5.41, 5.74) is 1.14. The Hall–Kier alpha value is -2.85. The number of carbonyl (C=O) groups excluding carboxylic acids is 1. The quantitative estimate of drug-likeness (QED) is 0.294. The van der Waals surface area contributed by atoms with Crippen LogP contribution in [0.1, 0.15) is 15.9 Å². The first kappa shape index (κ1) is 18.0. The molecule has 0 saturated carbocycles. The Kier molecular flexibility index (Phi) is 5.54. The van der Waals surface area contributed by atoms with Crippen molar-refractivity contribution in [3.8, 4) is 0 Å². The third kappa shape index (κ3) is 4.61. The number of amides is 1. The number of nitro groups is 1. The van der Waals surface area contributed by atoms with Gasteiger partial charge in [-0.1, -0.05) is 35.2 Å². The number of thioether (sulfide) groups is 1. The first-order valence-corrected chi connectivity index (χ1v) is 9.08. The molecular formula is C16H11FN4O3S2. The topological polar surface area (TPSA) is 98.0 Å². The van der Waals surface area contributed by atoms with Crippen molar-refractivity contribution in [2.24, 2.45) is 0 Å². The number of carbonyl (C=O) groups is 1. The third-order valence-corrected chi connectivity index (χ3v) is 5.29. The summed E-state index contributed by atoms with van der Waals surface area (Å²) in [7, 11) is 0. The molecule has 26 heavy (non-hydrogen) atoms. The van der Waals surface area contributed by atoms with Gasteiger partial charge in [0.2, 0.25) is 5.13 Å². The number of non-ortho nitro benzene ring substituents is 1. The molecule has 0 spiro atoms. The van der Waals surface area contributed by atoms with E-state index in [2.05, 4.69) is 15.5 Å². The molecule has 0 aliphatic heterocycles. The summed E-state index contributed by atoms with van der Waals surface area (Å²) in [5.74, 6) is -0.109. The van der Waals surface area contributed by atoms with Gasteiger partial charge in [0.05, 0.1) is 4.92 Å². The van der Waals surface area contributed by atoms with Gasteiger partial charge in [0, 0.05) is 23.4 Å². The summed E-state index contributed by atoms with van der Waals surface area (Å²) in [6, 6.07) is 11.5. The second-order valence-corrected chi connectivity index (χ2v) is 7.25. The van der Waals surface area contributed by atoms with Crippen molar-refractivity contribution in [3.05, 3.63) is 75.6 Å². The Morgan fingerprint density at radius 1 is 1.15 bits per heavy atom. The van der Waals surface area contributed by atoms with Crippen molar-refractivity contribution in [2.75, 3.05) is 5.32 Å². The van der Waals surface area contributed by atoms with Crippen LogP contribution in [-0.4, -0.2) is 21.0 Å². The van der Waals surface area contributed by atoms with Gasteiger partial charge in [-0.2, -0.15) is 0 Å². The Morgan fingerprint density at radius 3 is 2.50 bits per heavy atom. The van der Waals surface area contributed by atoms with E-state index < -0.39 is 10.8 Å². The zero-order valence-electron chi connectivity index (χ0n) is 13.1. The fraction of sp³-hybridized carbons (Fsp3) is 0.0625. The highest BCUT2D eigenvalue weighted by Crippen LogP contribution is 2.28. The average molecular weight is 390 g/mol. The second kappa shape index (κ2) is 8.02. The maximum atomic E-state index is 12.9. The zero-order valence-corrected chi connectivity index (χ0v) is 14.7. The summed E-state index contributed by atoms with van der Waals surface area (Å²) in [6.45, 7) is 0. The maximum Gasteiger partial charge on any atom is 0.269 e. The molecule has 1 amide bonds. The van der Waals surface area contributed by atoms with Crippen molar-refractivity contribution in [3.63, 3.8) is 0 Å². The standard InChI is InChI=1S/C16H11FN4O3S2/c17-12-5-1-10(2-6-12)9-25-16-20-19-15(26-16)18-14(22)11-3-7-13(8-4-11)21(23)24/h1-8H,9H2,(H,18,19,22). The number of benzene rings is 2. The van der Waals surface area contributed by atoms with Gasteiger partial charge in [0.25, 0.3) is 11.6 Å². The van der Waals surface area contributed by atoms with E-state index in [1.54, 1.807) is 12.1 Å². The van der Waals surface area contributed by atoms with E-state index in [1.165, 1.54) is 59.5 Å². The molecule has 0 aliphatic carbocycles. The summed E-state index contributed by atoms with van der Waals surface area (Å²) in [4.78, 5) is 22.2. The Labute approximate surface area is 155 Å². The second-order valence-electron chi connectivity index (χ2n) is 5.05. The molecule has 132 valence electrons. The normalized spacial score (nSPS) is 10.5. The number of aromatic nitrogens is 2. The van der Waals surface area contributed by atoms with Crippen molar-refractivity contribution in [2.45, 2.75) is 10.1 Å². The lowest BCUT2D eigenvalue weighted by Crippen LogP contribution is -2.11. The molecular weight excluding hydrogens is 379 g/mol. The summed E-state index contributed by atoms with van der Waals surface area (Å²) in [5, 5.41) is 21.4. The minimum absolute atomic E-state index is 0.0862. The van der Waals surface area contributed by atoms with Crippen LogP contribution in [-0.2, 0) is 5.75 Å². The Bertz CT molecular complexity index is 929. The number of anilines is 1. The lowest BCUT2D eigenvalue weighted by Gasteiger charge is -2.00. The number of halogens is 1. The van der Waals surface area contributed by atoms with Crippen LogP contribution in [0.2, 0.25) is 0 Å². The van der Waals surface area contributed by atoms with Gasteiger partial charge in [-0.15, -0.1) is 10.2 Å². The van der Waals surface area contributed by atoms with Crippen molar-refractivity contribution in [1.29, 1.82) is 0 Å². The van der Waals surface area contributed by atoms with Gasteiger partial charge >= 0.3 is 0 Å². The monoisotopic (exact) mass is 390 g/mol. The van der Waals surface area contributed by atoms with Crippen LogP contribution in [0.3, 0.4) is 0 Å². The fourth-order valence-corrected chi connectivity index (χ4v) is 3.65. The molecule has 3 rings (SSSR count). The van der Waals surface area contributed by atoms with E-state index in [9.17, 15) is 19.3 Å². The molecule has 3 aromatic rings. The Morgan fingerprint density at radius 2 is 1.85 bits per heavy atom. The number of rotatable bonds is 6. The summed E-state index contributed by atoms with van der Waals surface area (Å²) >= 11 is 2.64. The molecule has 0 aliphatic rings. The lowest BCUT2D eigenvalue weighted by molar-refractivity contribution is -0.384. The SMILES string of the molecule is O=C(Nc1nnc(SCc2ccc(F)cc2)s1)c1ccc([N+](=O)[O-])cc1. The number of hydrogen-bond donors (Lipinski definition) is 1. The first-order chi connectivity index (χ1) is 12.5. The van der Waals surface area contributed by atoms with Crippen molar-refractivity contribution in [1.82, 2.24) is 10.2 Å². The molecule has 0 fully saturated rings. The predicted octanol–water partition coefficient (Wildman–Crippen LogP) is 4.13. The number of nitrogens with one attached hydrogen (secondary N) is 1. The van der Waals surface area contributed by atoms with E-state index in [4.69, 9.17) is 0 Å². The highest BCUT2D eigenvalue weighted by molar-refractivity contribution is 8.00. The van der Waals surface area contributed by atoms with Gasteiger partial charge in [-0.3, -0.25) is 20.2 Å². The van der Waals surface area contributed by atoms with E-state index in [0.29, 0.717) is 15.2 Å². The fourth-order valence-electron chi connectivity index (χ4n) is 1.95. The highest BCUT2D eigenvalue weighted by Gasteiger charge is 2.12. The van der Waals surface area contributed by atoms with Crippen molar-refractivity contribution >= 4 is 39.8 Å². The van der Waals surface area contributed by atoms with E-state index in [0.717, 1.165) is 5.56 Å². The Balaban J connectivity index is 1.58. The van der Waals surface area contributed by atoms with Gasteiger partial charge in [-0.05, 0) is 29.8 Å². The molecule has 2 aromatic carbocycles. The summed E-state index contributed by atoms with van der Waals surface area (Å²) in [6.07, 6.45) is 0. The molecule has 0 atom stereocenters. The molecule has 1 N–H and O–H groups in total. The van der Waals surface area contributed by atoms with E-state index in [-0.39, 0.29) is 17.1 Å². The molecule has 1 heterocycles. The van der Waals surface area contributed by atoms with Crippen LogP contribution in [0.4, 0.5) is 15.2 Å². The lowest BCUT2D eigenvalue weighted by atomic mass is 10.2. The molecule has 1 aromatic heterocycles. The minimum atomic E-state index is -0.531. The predicted molar refractivity (Wildman–Crippen MR) is 96.9 cm³/mol. The summed E-state index contributed by atoms with van der Waals surface area (Å²) < 4.78 is 13.5. The maximum absolute atomic E-state index is 12.9. The van der Waals surface area contributed by atoms with Crippen LogP contribution in [0.15, 0.2) is 52.9 Å². The number of hydrogen-bond acceptors (Lipinski definition) is 7. The average Bonchev–Trinajstić information content (AvgIpc) is 3.08.